The lowest BCUT2D eigenvalue weighted by Gasteiger charge is -2.23. The van der Waals surface area contributed by atoms with Gasteiger partial charge in [-0.05, 0) is 174 Å². The van der Waals surface area contributed by atoms with Crippen LogP contribution in [0.5, 0.6) is 0 Å². The average molecular weight is 891 g/mol. The molecule has 2 aliphatic rings. The van der Waals surface area contributed by atoms with Gasteiger partial charge in [-0.15, -0.1) is 0 Å². The van der Waals surface area contributed by atoms with Crippen LogP contribution < -0.4 is 0 Å². The van der Waals surface area contributed by atoms with Crippen molar-refractivity contribution in [3.63, 3.8) is 0 Å². The van der Waals surface area contributed by atoms with E-state index >= 15 is 0 Å². The maximum absolute atomic E-state index is 2.49. The number of hydrogen-bond acceptors (Lipinski definition) is 0. The van der Waals surface area contributed by atoms with Gasteiger partial charge in [0.2, 0.25) is 0 Å². The molecule has 0 N–H and O–H groups in total. The van der Waals surface area contributed by atoms with Crippen LogP contribution in [-0.2, 0) is 10.8 Å². The largest absolute Gasteiger partial charge is 0.0619 e. The van der Waals surface area contributed by atoms with E-state index in [1.54, 1.807) is 0 Å². The topological polar surface area (TPSA) is 0 Å². The summed E-state index contributed by atoms with van der Waals surface area (Å²) in [5.41, 5.74) is 23.1. The van der Waals surface area contributed by atoms with Crippen molar-refractivity contribution in [2.45, 2.75) is 38.5 Å². The van der Waals surface area contributed by atoms with Crippen molar-refractivity contribution in [3.8, 4) is 77.9 Å². The van der Waals surface area contributed by atoms with Crippen LogP contribution in [0.1, 0.15) is 49.9 Å². The third-order valence-corrected chi connectivity index (χ3v) is 16.3. The Labute approximate surface area is 410 Å². The molecule has 0 heterocycles. The second-order valence-corrected chi connectivity index (χ2v) is 20.8. The Bertz CT molecular complexity index is 4150. The summed E-state index contributed by atoms with van der Waals surface area (Å²) in [6.07, 6.45) is 0. The van der Waals surface area contributed by atoms with Crippen LogP contribution in [0.25, 0.3) is 121 Å². The van der Waals surface area contributed by atoms with Crippen molar-refractivity contribution in [2.24, 2.45) is 0 Å². The van der Waals surface area contributed by atoms with Gasteiger partial charge in [0.1, 0.15) is 0 Å². The van der Waals surface area contributed by atoms with Gasteiger partial charge in [0, 0.05) is 10.8 Å². The van der Waals surface area contributed by atoms with E-state index in [2.05, 4.69) is 258 Å². The number of fused-ring (bicyclic) bond motifs is 10. The molecule has 0 bridgehead atoms. The molecule has 0 amide bonds. The molecule has 0 atom stereocenters. The molecule has 0 radical (unpaired) electrons. The van der Waals surface area contributed by atoms with Gasteiger partial charge in [-0.1, -0.05) is 228 Å². The molecule has 0 aromatic heterocycles. The molecule has 0 nitrogen and oxygen atoms in total. The Hall–Kier alpha value is -8.32. The highest BCUT2D eigenvalue weighted by Crippen LogP contribution is 2.53. The maximum atomic E-state index is 2.49. The van der Waals surface area contributed by atoms with Crippen LogP contribution in [0.15, 0.2) is 231 Å². The second kappa shape index (κ2) is 15.1. The van der Waals surface area contributed by atoms with Crippen LogP contribution in [0.4, 0.5) is 0 Å². The average Bonchev–Trinajstić information content (AvgIpc) is 3.78. The minimum atomic E-state index is -0.0925. The van der Waals surface area contributed by atoms with Crippen LogP contribution in [0, 0.1) is 0 Å². The van der Waals surface area contributed by atoms with Crippen molar-refractivity contribution < 1.29 is 0 Å². The van der Waals surface area contributed by atoms with Crippen molar-refractivity contribution >= 4 is 43.1 Å². The lowest BCUT2D eigenvalue weighted by Crippen LogP contribution is -2.14. The fraction of sp³-hybridized carbons (Fsp3) is 0.0857. The van der Waals surface area contributed by atoms with Gasteiger partial charge in [0.15, 0.2) is 0 Å². The molecule has 330 valence electrons. The van der Waals surface area contributed by atoms with Crippen molar-refractivity contribution in [1.82, 2.24) is 0 Å². The second-order valence-electron chi connectivity index (χ2n) is 20.8. The maximum Gasteiger partial charge on any atom is 0.0159 e. The number of benzene rings is 12. The predicted molar refractivity (Wildman–Crippen MR) is 299 cm³/mol. The summed E-state index contributed by atoms with van der Waals surface area (Å²) < 4.78 is 0. The lowest BCUT2D eigenvalue weighted by atomic mass is 9.80. The molecule has 2 aliphatic carbocycles. The molecular weight excluding hydrogens is 841 g/mol. The summed E-state index contributed by atoms with van der Waals surface area (Å²) in [6.45, 7) is 9.50. The van der Waals surface area contributed by atoms with E-state index < -0.39 is 0 Å². The molecule has 12 aromatic rings. The fourth-order valence-corrected chi connectivity index (χ4v) is 12.6. The summed E-state index contributed by atoms with van der Waals surface area (Å²) in [4.78, 5) is 0. The summed E-state index contributed by atoms with van der Waals surface area (Å²) >= 11 is 0. The van der Waals surface area contributed by atoms with Crippen LogP contribution in [0.2, 0.25) is 0 Å². The van der Waals surface area contributed by atoms with Crippen molar-refractivity contribution in [1.29, 1.82) is 0 Å². The van der Waals surface area contributed by atoms with E-state index in [9.17, 15) is 0 Å². The zero-order valence-corrected chi connectivity index (χ0v) is 39.9. The Morgan fingerprint density at radius 1 is 0.214 bits per heavy atom. The summed E-state index contributed by atoms with van der Waals surface area (Å²) in [7, 11) is 0. The molecule has 12 aromatic carbocycles. The van der Waals surface area contributed by atoms with Crippen LogP contribution in [-0.4, -0.2) is 0 Å². The van der Waals surface area contributed by atoms with E-state index in [4.69, 9.17) is 0 Å². The Kier molecular flexibility index (Phi) is 8.78. The van der Waals surface area contributed by atoms with Gasteiger partial charge in [-0.2, -0.15) is 0 Å². The minimum absolute atomic E-state index is 0.0917. The van der Waals surface area contributed by atoms with Gasteiger partial charge in [-0.3, -0.25) is 0 Å². The van der Waals surface area contributed by atoms with Crippen LogP contribution >= 0.6 is 0 Å². The third kappa shape index (κ3) is 6.03. The molecule has 0 spiro atoms. The molecule has 0 saturated carbocycles. The van der Waals surface area contributed by atoms with Gasteiger partial charge in [0.25, 0.3) is 0 Å². The third-order valence-electron chi connectivity index (χ3n) is 16.3. The first-order chi connectivity index (χ1) is 34.2. The predicted octanol–water partition coefficient (Wildman–Crippen LogP) is 19.2. The smallest absolute Gasteiger partial charge is 0.0159 e. The zero-order chi connectivity index (χ0) is 46.9. The number of rotatable bonds is 5. The van der Waals surface area contributed by atoms with Gasteiger partial charge < -0.3 is 0 Å². The highest BCUT2D eigenvalue weighted by molar-refractivity contribution is 6.24. The highest BCUT2D eigenvalue weighted by atomic mass is 14.4. The molecule has 14 rings (SSSR count). The summed E-state index contributed by atoms with van der Waals surface area (Å²) in [6, 6.07) is 87.2. The van der Waals surface area contributed by atoms with E-state index in [1.807, 2.05) is 0 Å². The monoisotopic (exact) mass is 890 g/mol. The molecule has 0 heteroatoms. The molecule has 0 fully saturated rings. The van der Waals surface area contributed by atoms with Gasteiger partial charge >= 0.3 is 0 Å². The summed E-state index contributed by atoms with van der Waals surface area (Å²) in [5.74, 6) is 0. The molecule has 70 heavy (non-hydrogen) atoms. The Morgan fingerprint density at radius 3 is 1.27 bits per heavy atom. The molecule has 0 aliphatic heterocycles. The number of hydrogen-bond donors (Lipinski definition) is 0. The highest BCUT2D eigenvalue weighted by Gasteiger charge is 2.36. The quantitative estimate of drug-likeness (QED) is 0.151. The lowest BCUT2D eigenvalue weighted by molar-refractivity contribution is 0.660. The first kappa shape index (κ1) is 40.7. The van der Waals surface area contributed by atoms with E-state index in [1.165, 1.54) is 143 Å². The zero-order valence-electron chi connectivity index (χ0n) is 39.9. The minimum Gasteiger partial charge on any atom is -0.0619 e. The standard InChI is InChI=1S/C70H50/c1-69(2)63-22-11-9-19-54(63)56-34-30-51(41-65(56)69)49-33-37-60-61(39-49)67(46-27-24-44(25-28-46)48-29-26-43-14-5-6-16-47(43)38-48)59-36-32-50(40-62(59)68(60)58-21-13-17-45-15-7-8-18-53(45)58)52-31-35-57-55-20-10-12-23-64(55)70(3,4)66(57)42-52/h5-42H,1-4H3. The van der Waals surface area contributed by atoms with Gasteiger partial charge in [0.05, 0.1) is 0 Å². The fourth-order valence-electron chi connectivity index (χ4n) is 12.6. The molecular formula is C70H50. The summed E-state index contributed by atoms with van der Waals surface area (Å²) in [5, 5.41) is 10.0. The first-order valence-corrected chi connectivity index (χ1v) is 24.8. The normalized spacial score (nSPS) is 13.9. The van der Waals surface area contributed by atoms with Crippen LogP contribution in [0.3, 0.4) is 0 Å². The van der Waals surface area contributed by atoms with E-state index in [-0.39, 0.29) is 10.8 Å². The Balaban J connectivity index is 1.03. The SMILES string of the molecule is CC1(C)c2ccccc2-c2ccc(-c3ccc4c(-c5cccc6ccccc56)c5cc(-c6ccc7c(c6)C(C)(C)c6ccccc6-7)ccc5c(-c5ccc(-c6ccc7ccccc7c6)cc5)c4c3)cc21. The van der Waals surface area contributed by atoms with E-state index in [0.29, 0.717) is 0 Å². The van der Waals surface area contributed by atoms with E-state index in [0.717, 1.165) is 0 Å². The Morgan fingerprint density at radius 2 is 0.629 bits per heavy atom. The van der Waals surface area contributed by atoms with Gasteiger partial charge in [-0.25, -0.2) is 0 Å². The van der Waals surface area contributed by atoms with Crippen molar-refractivity contribution in [3.05, 3.63) is 253 Å². The molecule has 0 saturated heterocycles. The molecule has 0 unspecified atom stereocenters. The first-order valence-electron chi connectivity index (χ1n) is 24.8. The van der Waals surface area contributed by atoms with Crippen molar-refractivity contribution in [2.75, 3.05) is 0 Å².